The van der Waals surface area contributed by atoms with E-state index in [1.807, 2.05) is 29.2 Å². The Labute approximate surface area is 202 Å². The molecule has 0 aliphatic carbocycles. The Bertz CT molecular complexity index is 891. The highest BCUT2D eigenvalue weighted by Crippen LogP contribution is 2.20. The quantitative estimate of drug-likeness (QED) is 0.593. The molecule has 2 aliphatic heterocycles. The topological polar surface area (TPSA) is 39.3 Å². The Morgan fingerprint density at radius 1 is 0.848 bits per heavy atom. The molecule has 0 bridgehead atoms. The molecule has 4 rings (SSSR count). The van der Waals surface area contributed by atoms with E-state index in [9.17, 15) is 4.79 Å². The van der Waals surface area contributed by atoms with Crippen molar-refractivity contribution >= 4 is 17.5 Å². The Balaban J connectivity index is 1.14. The van der Waals surface area contributed by atoms with Gasteiger partial charge in [-0.2, -0.15) is 0 Å². The van der Waals surface area contributed by atoms with Crippen molar-refractivity contribution in [3.63, 3.8) is 0 Å². The van der Waals surface area contributed by atoms with E-state index < -0.39 is 0 Å². The fraction of sp³-hybridized carbons (Fsp3) is 0.500. The first-order valence-corrected chi connectivity index (χ1v) is 12.3. The predicted molar refractivity (Wildman–Crippen MR) is 133 cm³/mol. The summed E-state index contributed by atoms with van der Waals surface area (Å²) in [4.78, 5) is 22.1. The van der Waals surface area contributed by atoms with Crippen LogP contribution < -0.4 is 4.74 Å². The maximum atomic E-state index is 12.9. The molecule has 0 aromatic heterocycles. The summed E-state index contributed by atoms with van der Waals surface area (Å²) in [7, 11) is 1.72. The Morgan fingerprint density at radius 2 is 1.48 bits per heavy atom. The van der Waals surface area contributed by atoms with Crippen LogP contribution in [-0.4, -0.2) is 98.1 Å². The highest BCUT2D eigenvalue weighted by molar-refractivity contribution is 6.30. The van der Waals surface area contributed by atoms with Crippen molar-refractivity contribution in [2.75, 3.05) is 72.6 Å². The molecule has 2 aromatic carbocycles. The molecule has 0 saturated carbocycles. The minimum atomic E-state index is 0.265. The number of amides is 1. The lowest BCUT2D eigenvalue weighted by Gasteiger charge is -2.38. The van der Waals surface area contributed by atoms with Crippen LogP contribution in [-0.2, 0) is 17.8 Å². The highest BCUT2D eigenvalue weighted by Gasteiger charge is 2.25. The third-order valence-corrected chi connectivity index (χ3v) is 7.02. The fourth-order valence-electron chi connectivity index (χ4n) is 4.63. The second kappa shape index (κ2) is 11.8. The van der Waals surface area contributed by atoms with Gasteiger partial charge in [0.2, 0.25) is 5.91 Å². The molecule has 2 fully saturated rings. The van der Waals surface area contributed by atoms with Crippen molar-refractivity contribution < 1.29 is 9.53 Å². The lowest BCUT2D eigenvalue weighted by molar-refractivity contribution is -0.134. The third-order valence-electron chi connectivity index (χ3n) is 6.77. The van der Waals surface area contributed by atoms with Gasteiger partial charge in [0, 0.05) is 76.0 Å². The van der Waals surface area contributed by atoms with E-state index in [0.29, 0.717) is 6.54 Å². The molecule has 0 atom stereocenters. The monoisotopic (exact) mass is 470 g/mol. The van der Waals surface area contributed by atoms with E-state index in [-0.39, 0.29) is 5.91 Å². The van der Waals surface area contributed by atoms with Gasteiger partial charge in [-0.15, -0.1) is 0 Å². The zero-order valence-corrected chi connectivity index (χ0v) is 20.3. The van der Waals surface area contributed by atoms with Crippen LogP contribution in [0.15, 0.2) is 48.5 Å². The van der Waals surface area contributed by atoms with Gasteiger partial charge in [-0.05, 0) is 30.2 Å². The third kappa shape index (κ3) is 6.93. The molecule has 2 aromatic rings. The predicted octanol–water partition coefficient (Wildman–Crippen LogP) is 2.85. The fourth-order valence-corrected chi connectivity index (χ4v) is 4.76. The summed E-state index contributed by atoms with van der Waals surface area (Å²) in [6.07, 6.45) is 1.04. The number of halogens is 1. The van der Waals surface area contributed by atoms with Gasteiger partial charge >= 0.3 is 0 Å². The summed E-state index contributed by atoms with van der Waals surface area (Å²) < 4.78 is 5.48. The van der Waals surface area contributed by atoms with Crippen LogP contribution in [0.25, 0.3) is 0 Å². The smallest absolute Gasteiger partial charge is 0.236 e. The summed E-state index contributed by atoms with van der Waals surface area (Å²) in [6.45, 7) is 9.83. The molecule has 0 radical (unpaired) electrons. The van der Waals surface area contributed by atoms with Gasteiger partial charge < -0.3 is 14.5 Å². The van der Waals surface area contributed by atoms with Gasteiger partial charge in [-0.25, -0.2) is 0 Å². The maximum Gasteiger partial charge on any atom is 0.236 e. The number of carbonyl (C=O) groups excluding carboxylic acids is 1. The van der Waals surface area contributed by atoms with E-state index in [1.54, 1.807) is 7.11 Å². The van der Waals surface area contributed by atoms with Crippen molar-refractivity contribution in [1.29, 1.82) is 0 Å². The summed E-state index contributed by atoms with van der Waals surface area (Å²) >= 11 is 5.97. The number of rotatable bonds is 8. The molecule has 6 nitrogen and oxygen atoms in total. The second-order valence-corrected chi connectivity index (χ2v) is 9.40. The van der Waals surface area contributed by atoms with Crippen LogP contribution in [0.2, 0.25) is 5.02 Å². The van der Waals surface area contributed by atoms with E-state index in [2.05, 4.69) is 39.0 Å². The van der Waals surface area contributed by atoms with Crippen molar-refractivity contribution in [1.82, 2.24) is 19.6 Å². The van der Waals surface area contributed by atoms with E-state index in [0.717, 1.165) is 82.6 Å². The molecule has 2 heterocycles. The van der Waals surface area contributed by atoms with E-state index >= 15 is 0 Å². The van der Waals surface area contributed by atoms with Gasteiger partial charge in [-0.3, -0.25) is 14.6 Å². The summed E-state index contributed by atoms with van der Waals surface area (Å²) in [5.41, 5.74) is 2.52. The molecular weight excluding hydrogens is 436 g/mol. The van der Waals surface area contributed by atoms with Gasteiger partial charge in [0.25, 0.3) is 0 Å². The van der Waals surface area contributed by atoms with Crippen LogP contribution >= 0.6 is 11.6 Å². The van der Waals surface area contributed by atoms with E-state index in [4.69, 9.17) is 16.3 Å². The van der Waals surface area contributed by atoms with Crippen molar-refractivity contribution in [3.05, 3.63) is 64.7 Å². The molecular formula is C26H35ClN4O2. The maximum absolute atomic E-state index is 12.9. The summed E-state index contributed by atoms with van der Waals surface area (Å²) in [5.74, 6) is 1.20. The molecule has 2 saturated heterocycles. The number of nitrogens with zero attached hydrogens (tertiary/aromatic N) is 4. The first-order chi connectivity index (χ1) is 16.1. The van der Waals surface area contributed by atoms with Crippen LogP contribution in [0.3, 0.4) is 0 Å². The summed E-state index contributed by atoms with van der Waals surface area (Å²) in [6, 6.07) is 16.3. The molecule has 1 amide bonds. The molecule has 0 spiro atoms. The number of carbonyl (C=O) groups is 1. The largest absolute Gasteiger partial charge is 0.496 e. The molecule has 33 heavy (non-hydrogen) atoms. The van der Waals surface area contributed by atoms with Crippen molar-refractivity contribution in [2.24, 2.45) is 0 Å². The minimum absolute atomic E-state index is 0.265. The number of piperazine rings is 2. The standard InChI is InChI=1S/C26H35ClN4O2/c1-33-25-5-3-2-4-23(25)20-29-16-18-31(19-17-29)26(32)21-30-14-12-28(13-15-30)11-10-22-6-8-24(27)9-7-22/h2-9H,10-21H2,1H3. The second-order valence-electron chi connectivity index (χ2n) is 8.96. The molecule has 0 unspecified atom stereocenters. The Kier molecular flexibility index (Phi) is 8.62. The molecule has 178 valence electrons. The lowest BCUT2D eigenvalue weighted by Crippen LogP contribution is -2.53. The number of hydrogen-bond donors (Lipinski definition) is 0. The average molecular weight is 471 g/mol. The Morgan fingerprint density at radius 3 is 2.18 bits per heavy atom. The lowest BCUT2D eigenvalue weighted by atomic mass is 10.1. The highest BCUT2D eigenvalue weighted by atomic mass is 35.5. The zero-order chi connectivity index (χ0) is 23.0. The van der Waals surface area contributed by atoms with Gasteiger partial charge in [-0.1, -0.05) is 41.9 Å². The van der Waals surface area contributed by atoms with Crippen molar-refractivity contribution in [3.8, 4) is 5.75 Å². The van der Waals surface area contributed by atoms with Crippen molar-refractivity contribution in [2.45, 2.75) is 13.0 Å². The Hall–Kier alpha value is -2.12. The number of benzene rings is 2. The van der Waals surface area contributed by atoms with Gasteiger partial charge in [0.1, 0.15) is 5.75 Å². The zero-order valence-electron chi connectivity index (χ0n) is 19.6. The normalized spacial score (nSPS) is 18.4. The average Bonchev–Trinajstić information content (AvgIpc) is 2.85. The van der Waals surface area contributed by atoms with Crippen LogP contribution in [0.4, 0.5) is 0 Å². The number of methoxy groups -OCH3 is 1. The summed E-state index contributed by atoms with van der Waals surface area (Å²) in [5, 5.41) is 0.787. The van der Waals surface area contributed by atoms with Crippen LogP contribution in [0.1, 0.15) is 11.1 Å². The van der Waals surface area contributed by atoms with Gasteiger partial charge in [0.15, 0.2) is 0 Å². The van der Waals surface area contributed by atoms with Crippen LogP contribution in [0, 0.1) is 0 Å². The number of para-hydroxylation sites is 1. The molecule has 2 aliphatic rings. The number of hydrogen-bond acceptors (Lipinski definition) is 5. The molecule has 0 N–H and O–H groups in total. The van der Waals surface area contributed by atoms with E-state index in [1.165, 1.54) is 11.1 Å². The number of ether oxygens (including phenoxy) is 1. The minimum Gasteiger partial charge on any atom is -0.496 e. The van der Waals surface area contributed by atoms with Crippen LogP contribution in [0.5, 0.6) is 5.75 Å². The molecule has 7 heteroatoms. The first-order valence-electron chi connectivity index (χ1n) is 11.9. The first kappa shape index (κ1) is 24.0. The van der Waals surface area contributed by atoms with Gasteiger partial charge in [0.05, 0.1) is 13.7 Å². The SMILES string of the molecule is COc1ccccc1CN1CCN(C(=O)CN2CCN(CCc3ccc(Cl)cc3)CC2)CC1.